The first-order valence-corrected chi connectivity index (χ1v) is 7.54. The Morgan fingerprint density at radius 1 is 1.36 bits per heavy atom. The summed E-state index contributed by atoms with van der Waals surface area (Å²) in [6.45, 7) is 1.05. The number of halogens is 1. The van der Waals surface area contributed by atoms with Crippen LogP contribution in [0.5, 0.6) is 5.88 Å². The normalized spacial score (nSPS) is 17.5. The Morgan fingerprint density at radius 2 is 2.23 bits per heavy atom. The van der Waals surface area contributed by atoms with Gasteiger partial charge in [0.2, 0.25) is 5.88 Å². The Hall–Kier alpha value is -2.22. The monoisotopic (exact) mass is 364 g/mol. The van der Waals surface area contributed by atoms with Crippen molar-refractivity contribution in [1.82, 2.24) is 20.1 Å². The van der Waals surface area contributed by atoms with Crippen molar-refractivity contribution in [2.75, 3.05) is 13.1 Å². The van der Waals surface area contributed by atoms with Crippen molar-refractivity contribution in [1.29, 1.82) is 0 Å². The standard InChI is InChI=1S/C14H13BrN4O3/c15-9-1-4-13(16-7-9)22-10-5-6-19(8-10)14(21)11-2-3-12(20)18-17-11/h1-4,7,10H,5-6,8H2,(H,18,20). The number of hydrogen-bond acceptors (Lipinski definition) is 5. The number of pyridine rings is 1. The molecule has 8 heteroatoms. The summed E-state index contributed by atoms with van der Waals surface area (Å²) in [6.07, 6.45) is 2.30. The molecule has 7 nitrogen and oxygen atoms in total. The Labute approximate surface area is 134 Å². The lowest BCUT2D eigenvalue weighted by molar-refractivity contribution is 0.0764. The van der Waals surface area contributed by atoms with E-state index >= 15 is 0 Å². The van der Waals surface area contributed by atoms with E-state index in [1.807, 2.05) is 6.07 Å². The summed E-state index contributed by atoms with van der Waals surface area (Å²) in [5, 5.41) is 6.02. The Balaban J connectivity index is 1.62. The second-order valence-corrected chi connectivity index (χ2v) is 5.82. The second kappa shape index (κ2) is 6.27. The van der Waals surface area contributed by atoms with E-state index in [0.29, 0.717) is 19.0 Å². The van der Waals surface area contributed by atoms with Gasteiger partial charge in [0.05, 0.1) is 6.54 Å². The molecule has 22 heavy (non-hydrogen) atoms. The van der Waals surface area contributed by atoms with Crippen molar-refractivity contribution >= 4 is 21.8 Å². The van der Waals surface area contributed by atoms with Gasteiger partial charge in [-0.2, -0.15) is 5.10 Å². The average Bonchev–Trinajstić information content (AvgIpc) is 2.98. The van der Waals surface area contributed by atoms with E-state index in [4.69, 9.17) is 4.74 Å². The summed E-state index contributed by atoms with van der Waals surface area (Å²) in [5.41, 5.74) is -0.109. The average molecular weight is 365 g/mol. The Bertz CT molecular complexity index is 711. The number of ether oxygens (including phenoxy) is 1. The highest BCUT2D eigenvalue weighted by molar-refractivity contribution is 9.10. The summed E-state index contributed by atoms with van der Waals surface area (Å²) in [4.78, 5) is 29.0. The topological polar surface area (TPSA) is 88.2 Å². The highest BCUT2D eigenvalue weighted by Crippen LogP contribution is 2.19. The summed E-state index contributed by atoms with van der Waals surface area (Å²) < 4.78 is 6.64. The van der Waals surface area contributed by atoms with E-state index in [1.54, 1.807) is 17.2 Å². The zero-order valence-electron chi connectivity index (χ0n) is 11.5. The fourth-order valence-electron chi connectivity index (χ4n) is 2.24. The maximum atomic E-state index is 12.3. The van der Waals surface area contributed by atoms with Crippen molar-refractivity contribution in [2.24, 2.45) is 0 Å². The fraction of sp³-hybridized carbons (Fsp3) is 0.286. The SMILES string of the molecule is O=C(c1ccc(=O)[nH]n1)N1CCC(Oc2ccc(Br)cn2)C1. The molecule has 1 N–H and O–H groups in total. The van der Waals surface area contributed by atoms with Gasteiger partial charge in [-0.25, -0.2) is 10.1 Å². The Morgan fingerprint density at radius 3 is 2.91 bits per heavy atom. The lowest BCUT2D eigenvalue weighted by Crippen LogP contribution is -2.32. The fourth-order valence-corrected chi connectivity index (χ4v) is 2.47. The molecule has 0 spiro atoms. The molecule has 114 valence electrons. The maximum absolute atomic E-state index is 12.3. The first kappa shape index (κ1) is 14.7. The Kier molecular flexibility index (Phi) is 4.19. The molecule has 1 unspecified atom stereocenters. The van der Waals surface area contributed by atoms with Gasteiger partial charge in [0, 0.05) is 35.8 Å². The number of carbonyl (C=O) groups is 1. The smallest absolute Gasteiger partial charge is 0.274 e. The van der Waals surface area contributed by atoms with Gasteiger partial charge in [0.25, 0.3) is 11.5 Å². The van der Waals surface area contributed by atoms with Gasteiger partial charge in [0.1, 0.15) is 11.8 Å². The van der Waals surface area contributed by atoms with Crippen molar-refractivity contribution in [3.05, 3.63) is 51.0 Å². The molecule has 1 fully saturated rings. The van der Waals surface area contributed by atoms with E-state index in [1.165, 1.54) is 12.1 Å². The summed E-state index contributed by atoms with van der Waals surface area (Å²) in [7, 11) is 0. The van der Waals surface area contributed by atoms with Gasteiger partial charge in [-0.15, -0.1) is 0 Å². The number of rotatable bonds is 3. The van der Waals surface area contributed by atoms with Crippen molar-refractivity contribution < 1.29 is 9.53 Å². The minimum atomic E-state index is -0.333. The third kappa shape index (κ3) is 3.33. The number of likely N-dealkylation sites (tertiary alicyclic amines) is 1. The van der Waals surface area contributed by atoms with Gasteiger partial charge in [-0.1, -0.05) is 0 Å². The van der Waals surface area contributed by atoms with Gasteiger partial charge in [-0.05, 0) is 28.1 Å². The highest BCUT2D eigenvalue weighted by Gasteiger charge is 2.29. The summed E-state index contributed by atoms with van der Waals surface area (Å²) in [6, 6.07) is 6.34. The van der Waals surface area contributed by atoms with E-state index in [2.05, 4.69) is 31.1 Å². The lowest BCUT2D eigenvalue weighted by atomic mass is 10.3. The molecule has 1 amide bonds. The molecule has 0 aromatic carbocycles. The number of hydrogen-bond donors (Lipinski definition) is 1. The van der Waals surface area contributed by atoms with Crippen molar-refractivity contribution in [3.8, 4) is 5.88 Å². The van der Waals surface area contributed by atoms with E-state index in [-0.39, 0.29) is 23.3 Å². The molecule has 0 aliphatic carbocycles. The molecule has 1 saturated heterocycles. The van der Waals surface area contributed by atoms with Crippen LogP contribution in [0.25, 0.3) is 0 Å². The minimum absolute atomic E-state index is 0.0969. The predicted molar refractivity (Wildman–Crippen MR) is 81.7 cm³/mol. The third-order valence-electron chi connectivity index (χ3n) is 3.32. The van der Waals surface area contributed by atoms with Crippen molar-refractivity contribution in [3.63, 3.8) is 0 Å². The van der Waals surface area contributed by atoms with E-state index in [9.17, 15) is 9.59 Å². The van der Waals surface area contributed by atoms with Crippen LogP contribution >= 0.6 is 15.9 Å². The summed E-state index contributed by atoms with van der Waals surface area (Å²) >= 11 is 3.31. The zero-order chi connectivity index (χ0) is 15.5. The predicted octanol–water partition coefficient (Wildman–Crippen LogP) is 1.22. The number of H-pyrrole nitrogens is 1. The first-order valence-electron chi connectivity index (χ1n) is 6.75. The van der Waals surface area contributed by atoms with Crippen LogP contribution in [0.3, 0.4) is 0 Å². The quantitative estimate of drug-likeness (QED) is 0.884. The molecule has 0 saturated carbocycles. The molecule has 3 rings (SSSR count). The molecule has 0 bridgehead atoms. The van der Waals surface area contributed by atoms with Gasteiger partial charge in [-0.3, -0.25) is 9.59 Å². The van der Waals surface area contributed by atoms with Gasteiger partial charge in [0.15, 0.2) is 0 Å². The number of amides is 1. The van der Waals surface area contributed by atoms with Gasteiger partial charge >= 0.3 is 0 Å². The van der Waals surface area contributed by atoms with Crippen LogP contribution in [-0.2, 0) is 0 Å². The number of carbonyl (C=O) groups excluding carboxylic acids is 1. The molecular weight excluding hydrogens is 352 g/mol. The van der Waals surface area contributed by atoms with E-state index < -0.39 is 0 Å². The van der Waals surface area contributed by atoms with Gasteiger partial charge < -0.3 is 9.64 Å². The van der Waals surface area contributed by atoms with Crippen LogP contribution in [0.15, 0.2) is 39.7 Å². The number of aromatic nitrogens is 3. The van der Waals surface area contributed by atoms with Crippen LogP contribution in [-0.4, -0.2) is 45.2 Å². The van der Waals surface area contributed by atoms with E-state index in [0.717, 1.165) is 10.9 Å². The van der Waals surface area contributed by atoms with Crippen molar-refractivity contribution in [2.45, 2.75) is 12.5 Å². The van der Waals surface area contributed by atoms with Crippen LogP contribution in [0.4, 0.5) is 0 Å². The number of nitrogens with one attached hydrogen (secondary N) is 1. The number of nitrogens with zero attached hydrogens (tertiary/aromatic N) is 3. The zero-order valence-corrected chi connectivity index (χ0v) is 13.1. The molecule has 2 aromatic heterocycles. The first-order chi connectivity index (χ1) is 10.6. The molecule has 1 atom stereocenters. The summed E-state index contributed by atoms with van der Waals surface area (Å²) in [5.74, 6) is 0.316. The van der Waals surface area contributed by atoms with Crippen LogP contribution in [0, 0.1) is 0 Å². The van der Waals surface area contributed by atoms with Crippen LogP contribution < -0.4 is 10.3 Å². The minimum Gasteiger partial charge on any atom is -0.472 e. The van der Waals surface area contributed by atoms with Crippen LogP contribution in [0.1, 0.15) is 16.9 Å². The largest absolute Gasteiger partial charge is 0.472 e. The molecule has 1 aliphatic rings. The molecule has 2 aromatic rings. The molecule has 3 heterocycles. The highest BCUT2D eigenvalue weighted by atomic mass is 79.9. The second-order valence-electron chi connectivity index (χ2n) is 4.90. The number of aromatic amines is 1. The maximum Gasteiger partial charge on any atom is 0.274 e. The lowest BCUT2D eigenvalue weighted by Gasteiger charge is -2.16. The molecule has 1 aliphatic heterocycles. The molecular formula is C14H13BrN4O3. The molecule has 0 radical (unpaired) electrons. The van der Waals surface area contributed by atoms with Crippen LogP contribution in [0.2, 0.25) is 0 Å². The third-order valence-corrected chi connectivity index (χ3v) is 3.79.